The quantitative estimate of drug-likeness (QED) is 0.570. The van der Waals surface area contributed by atoms with E-state index in [2.05, 4.69) is 12.1 Å². The molecule has 0 saturated heterocycles. The zero-order chi connectivity index (χ0) is 19.5. The van der Waals surface area contributed by atoms with Crippen LogP contribution in [0.15, 0.2) is 53.4 Å². The molecular formula is C21H16ClNO3S2. The highest BCUT2D eigenvalue weighted by Crippen LogP contribution is 2.44. The third-order valence-electron chi connectivity index (χ3n) is 5.31. The third kappa shape index (κ3) is 2.87. The van der Waals surface area contributed by atoms with E-state index >= 15 is 0 Å². The maximum Gasteiger partial charge on any atom is 0.264 e. The van der Waals surface area contributed by atoms with Crippen LogP contribution >= 0.6 is 22.9 Å². The van der Waals surface area contributed by atoms with Crippen LogP contribution in [0.25, 0.3) is 10.4 Å². The van der Waals surface area contributed by atoms with Crippen LogP contribution in [0.5, 0.6) is 0 Å². The number of thiophene rings is 1. The molecule has 0 spiro atoms. The average Bonchev–Trinajstić information content (AvgIpc) is 3.10. The standard InChI is InChI=1S/C21H16ClNO3S2/c22-16-5-6-17-19(10-16)28(25,26)12-15-9-18(27-20(15)17)21(24)23-8-7-13-3-1-2-4-14(13)11-23/h1-6,9-10H,7-8,11-12H2. The highest BCUT2D eigenvalue weighted by molar-refractivity contribution is 7.91. The third-order valence-corrected chi connectivity index (χ3v) is 8.44. The summed E-state index contributed by atoms with van der Waals surface area (Å²) in [5.41, 5.74) is 3.79. The van der Waals surface area contributed by atoms with Gasteiger partial charge in [0.25, 0.3) is 5.91 Å². The number of carbonyl (C=O) groups is 1. The number of rotatable bonds is 1. The fourth-order valence-corrected chi connectivity index (χ4v) is 7.10. The van der Waals surface area contributed by atoms with Crippen molar-refractivity contribution in [2.45, 2.75) is 23.6 Å². The Labute approximate surface area is 172 Å². The largest absolute Gasteiger partial charge is 0.333 e. The van der Waals surface area contributed by atoms with Crippen LogP contribution < -0.4 is 0 Å². The molecule has 28 heavy (non-hydrogen) atoms. The minimum Gasteiger partial charge on any atom is -0.333 e. The van der Waals surface area contributed by atoms with E-state index in [0.29, 0.717) is 34.1 Å². The molecule has 3 heterocycles. The van der Waals surface area contributed by atoms with Crippen molar-refractivity contribution in [3.63, 3.8) is 0 Å². The van der Waals surface area contributed by atoms with Gasteiger partial charge in [0.05, 0.1) is 15.5 Å². The summed E-state index contributed by atoms with van der Waals surface area (Å²) in [6.45, 7) is 1.25. The van der Waals surface area contributed by atoms with E-state index in [-0.39, 0.29) is 16.6 Å². The molecule has 0 N–H and O–H groups in total. The van der Waals surface area contributed by atoms with Crippen LogP contribution in [0, 0.1) is 0 Å². The summed E-state index contributed by atoms with van der Waals surface area (Å²) in [6.07, 6.45) is 0.836. The maximum absolute atomic E-state index is 13.1. The first-order valence-electron chi connectivity index (χ1n) is 8.94. The number of carbonyl (C=O) groups excluding carboxylic acids is 1. The number of hydrogen-bond acceptors (Lipinski definition) is 4. The molecule has 0 saturated carbocycles. The molecule has 5 rings (SSSR count). The Bertz CT molecular complexity index is 1230. The predicted molar refractivity (Wildman–Crippen MR) is 111 cm³/mol. The van der Waals surface area contributed by atoms with Gasteiger partial charge in [-0.05, 0) is 41.3 Å². The first-order chi connectivity index (χ1) is 13.4. The van der Waals surface area contributed by atoms with Crippen molar-refractivity contribution in [1.29, 1.82) is 0 Å². The Morgan fingerprint density at radius 2 is 1.82 bits per heavy atom. The molecule has 3 aromatic rings. The van der Waals surface area contributed by atoms with E-state index in [9.17, 15) is 13.2 Å². The van der Waals surface area contributed by atoms with Crippen molar-refractivity contribution in [2.75, 3.05) is 6.54 Å². The van der Waals surface area contributed by atoms with Crippen LogP contribution in [0.1, 0.15) is 26.4 Å². The number of halogens is 1. The summed E-state index contributed by atoms with van der Waals surface area (Å²) in [7, 11) is -3.46. The van der Waals surface area contributed by atoms with Crippen LogP contribution in [-0.2, 0) is 28.6 Å². The molecule has 0 fully saturated rings. The first kappa shape index (κ1) is 17.9. The summed E-state index contributed by atoms with van der Waals surface area (Å²) in [5, 5.41) is 0.394. The fourth-order valence-electron chi connectivity index (χ4n) is 3.92. The van der Waals surface area contributed by atoms with Crippen LogP contribution in [-0.4, -0.2) is 25.8 Å². The highest BCUT2D eigenvalue weighted by atomic mass is 35.5. The number of benzene rings is 2. The second kappa shape index (κ2) is 6.44. The van der Waals surface area contributed by atoms with E-state index in [0.717, 1.165) is 11.3 Å². The minimum atomic E-state index is -3.46. The second-order valence-corrected chi connectivity index (χ2v) is 10.6. The summed E-state index contributed by atoms with van der Waals surface area (Å²) in [5.74, 6) is -0.135. The Morgan fingerprint density at radius 1 is 1.04 bits per heavy atom. The van der Waals surface area contributed by atoms with Crippen LogP contribution in [0.2, 0.25) is 5.02 Å². The smallest absolute Gasteiger partial charge is 0.264 e. The lowest BCUT2D eigenvalue weighted by molar-refractivity contribution is 0.0739. The van der Waals surface area contributed by atoms with Gasteiger partial charge in [-0.3, -0.25) is 4.79 Å². The van der Waals surface area contributed by atoms with E-state index in [4.69, 9.17) is 11.6 Å². The molecule has 2 aliphatic rings. The van der Waals surface area contributed by atoms with Crippen molar-refractivity contribution in [1.82, 2.24) is 4.90 Å². The minimum absolute atomic E-state index is 0.0400. The number of nitrogens with zero attached hydrogens (tertiary/aromatic N) is 1. The van der Waals surface area contributed by atoms with Gasteiger partial charge in [-0.25, -0.2) is 8.42 Å². The first-order valence-corrected chi connectivity index (χ1v) is 11.8. The molecule has 0 radical (unpaired) electrons. The zero-order valence-corrected chi connectivity index (χ0v) is 17.2. The monoisotopic (exact) mass is 429 g/mol. The number of amides is 1. The van der Waals surface area contributed by atoms with Gasteiger partial charge in [0.2, 0.25) is 0 Å². The van der Waals surface area contributed by atoms with Gasteiger partial charge >= 0.3 is 0 Å². The van der Waals surface area contributed by atoms with Crippen LogP contribution in [0.4, 0.5) is 0 Å². The van der Waals surface area contributed by atoms with E-state index < -0.39 is 9.84 Å². The molecule has 1 amide bonds. The lowest BCUT2D eigenvalue weighted by Gasteiger charge is -2.28. The summed E-state index contributed by atoms with van der Waals surface area (Å²) in [6, 6.07) is 14.8. The number of sulfone groups is 1. The maximum atomic E-state index is 13.1. The Morgan fingerprint density at radius 3 is 2.64 bits per heavy atom. The van der Waals surface area contributed by atoms with E-state index in [1.54, 1.807) is 18.2 Å². The topological polar surface area (TPSA) is 54.5 Å². The van der Waals surface area contributed by atoms with Crippen molar-refractivity contribution in [3.05, 3.63) is 75.1 Å². The summed E-state index contributed by atoms with van der Waals surface area (Å²) in [4.78, 5) is 16.6. The molecular weight excluding hydrogens is 414 g/mol. The molecule has 0 atom stereocenters. The second-order valence-electron chi connectivity index (χ2n) is 7.11. The molecule has 142 valence electrons. The van der Waals surface area contributed by atoms with Gasteiger partial charge < -0.3 is 4.90 Å². The Balaban J connectivity index is 1.52. The van der Waals surface area contributed by atoms with Gasteiger partial charge in [-0.15, -0.1) is 11.3 Å². The van der Waals surface area contributed by atoms with Gasteiger partial charge in [0.15, 0.2) is 9.84 Å². The molecule has 0 unspecified atom stereocenters. The molecule has 0 bridgehead atoms. The van der Waals surface area contributed by atoms with Gasteiger partial charge in [0, 0.05) is 28.6 Å². The summed E-state index contributed by atoms with van der Waals surface area (Å²) >= 11 is 7.38. The van der Waals surface area contributed by atoms with Crippen LogP contribution in [0.3, 0.4) is 0 Å². The number of hydrogen-bond donors (Lipinski definition) is 0. The Kier molecular flexibility index (Phi) is 4.12. The Hall–Kier alpha value is -2.15. The van der Waals surface area contributed by atoms with Gasteiger partial charge in [0.1, 0.15) is 0 Å². The normalized spacial score (nSPS) is 16.8. The molecule has 2 aliphatic heterocycles. The predicted octanol–water partition coefficient (Wildman–Crippen LogP) is 4.55. The van der Waals surface area contributed by atoms with E-state index in [1.165, 1.54) is 28.5 Å². The van der Waals surface area contributed by atoms with Crippen molar-refractivity contribution in [2.24, 2.45) is 0 Å². The van der Waals surface area contributed by atoms with E-state index in [1.807, 2.05) is 17.0 Å². The summed E-state index contributed by atoms with van der Waals surface area (Å²) < 4.78 is 25.3. The molecule has 0 aliphatic carbocycles. The average molecular weight is 430 g/mol. The lowest BCUT2D eigenvalue weighted by Crippen LogP contribution is -2.35. The van der Waals surface area contributed by atoms with Gasteiger partial charge in [-0.2, -0.15) is 0 Å². The highest BCUT2D eigenvalue weighted by Gasteiger charge is 2.32. The van der Waals surface area contributed by atoms with Crippen molar-refractivity contribution < 1.29 is 13.2 Å². The zero-order valence-electron chi connectivity index (χ0n) is 14.8. The number of fused-ring (bicyclic) bond motifs is 4. The molecule has 1 aromatic heterocycles. The molecule has 4 nitrogen and oxygen atoms in total. The van der Waals surface area contributed by atoms with Crippen molar-refractivity contribution >= 4 is 38.7 Å². The van der Waals surface area contributed by atoms with Gasteiger partial charge in [-0.1, -0.05) is 41.9 Å². The SMILES string of the molecule is O=C(c1cc2c(s1)-c1ccc(Cl)cc1S(=O)(=O)C2)N1CCc2ccccc2C1. The lowest BCUT2D eigenvalue weighted by atomic mass is 10.00. The molecule has 7 heteroatoms. The fraction of sp³-hybridized carbons (Fsp3) is 0.190. The van der Waals surface area contributed by atoms with Crippen molar-refractivity contribution in [3.8, 4) is 10.4 Å². The molecule has 2 aromatic carbocycles.